The van der Waals surface area contributed by atoms with E-state index in [1.165, 1.54) is 11.5 Å². The van der Waals surface area contributed by atoms with Crippen LogP contribution in [0.4, 0.5) is 11.4 Å². The van der Waals surface area contributed by atoms with Crippen LogP contribution in [0.1, 0.15) is 20.3 Å². The lowest BCUT2D eigenvalue weighted by atomic mass is 10.2. The summed E-state index contributed by atoms with van der Waals surface area (Å²) in [6, 6.07) is 6.26. The molecule has 0 saturated carbocycles. The van der Waals surface area contributed by atoms with Crippen molar-refractivity contribution in [1.82, 2.24) is 0 Å². The Labute approximate surface area is 108 Å². The van der Waals surface area contributed by atoms with Gasteiger partial charge in [0.25, 0.3) is 0 Å². The molecule has 17 heavy (non-hydrogen) atoms. The monoisotopic (exact) mass is 254 g/mol. The first-order valence-corrected chi connectivity index (χ1v) is 7.10. The maximum absolute atomic E-state index is 5.77. The van der Waals surface area contributed by atoms with Crippen LogP contribution in [0.5, 0.6) is 5.75 Å². The summed E-state index contributed by atoms with van der Waals surface area (Å²) in [5.41, 5.74) is 7.51. The molecule has 3 nitrogen and oxygen atoms in total. The summed E-state index contributed by atoms with van der Waals surface area (Å²) in [6.07, 6.45) is 1.16. The molecule has 1 unspecified atom stereocenters. The van der Waals surface area contributed by atoms with Gasteiger partial charge in [0.05, 0.1) is 12.8 Å². The van der Waals surface area contributed by atoms with Crippen LogP contribution < -0.4 is 15.8 Å². The molecule has 1 aromatic rings. The van der Waals surface area contributed by atoms with Gasteiger partial charge in [-0.1, -0.05) is 6.92 Å². The molecule has 0 amide bonds. The quantitative estimate of drug-likeness (QED) is 0.579. The summed E-state index contributed by atoms with van der Waals surface area (Å²) in [4.78, 5) is 0. The van der Waals surface area contributed by atoms with Crippen LogP contribution in [0.2, 0.25) is 0 Å². The van der Waals surface area contributed by atoms with E-state index in [1.807, 2.05) is 30.0 Å². The number of thioether (sulfide) groups is 1. The Hall–Kier alpha value is -1.03. The fourth-order valence-corrected chi connectivity index (χ4v) is 2.37. The second kappa shape index (κ2) is 7.33. The van der Waals surface area contributed by atoms with Gasteiger partial charge in [0.1, 0.15) is 5.75 Å². The topological polar surface area (TPSA) is 47.3 Å². The summed E-state index contributed by atoms with van der Waals surface area (Å²) in [5.74, 6) is 3.10. The van der Waals surface area contributed by atoms with E-state index in [1.54, 1.807) is 7.11 Å². The number of methoxy groups -OCH3 is 1. The number of hydrogen-bond acceptors (Lipinski definition) is 4. The van der Waals surface area contributed by atoms with Crippen molar-refractivity contribution in [2.24, 2.45) is 0 Å². The highest BCUT2D eigenvalue weighted by Crippen LogP contribution is 2.25. The minimum absolute atomic E-state index is 0.461. The molecule has 0 fully saturated rings. The summed E-state index contributed by atoms with van der Waals surface area (Å²) in [6.45, 7) is 4.38. The minimum atomic E-state index is 0.461. The van der Waals surface area contributed by atoms with E-state index in [0.29, 0.717) is 11.7 Å². The Morgan fingerprint density at radius 2 is 2.24 bits per heavy atom. The van der Waals surface area contributed by atoms with Gasteiger partial charge < -0.3 is 15.8 Å². The Kier molecular flexibility index (Phi) is 6.05. The zero-order valence-corrected chi connectivity index (χ0v) is 11.6. The standard InChI is InChI=1S/C13H22N2OS/c1-4-17-8-7-10(2)15-11-5-6-12(14)13(9-11)16-3/h5-6,9-10,15H,4,7-8,14H2,1-3H3. The van der Waals surface area contributed by atoms with Crippen molar-refractivity contribution in [2.75, 3.05) is 29.7 Å². The molecule has 0 aliphatic rings. The molecular formula is C13H22N2OS. The Morgan fingerprint density at radius 1 is 1.47 bits per heavy atom. The van der Waals surface area contributed by atoms with Crippen LogP contribution in [0.3, 0.4) is 0 Å². The lowest BCUT2D eigenvalue weighted by Crippen LogP contribution is -2.16. The van der Waals surface area contributed by atoms with Crippen molar-refractivity contribution in [3.05, 3.63) is 18.2 Å². The average Bonchev–Trinajstić information content (AvgIpc) is 2.32. The predicted molar refractivity (Wildman–Crippen MR) is 78.1 cm³/mol. The second-order valence-corrected chi connectivity index (χ2v) is 5.38. The number of rotatable bonds is 7. The molecule has 0 saturated heterocycles. The summed E-state index contributed by atoms with van der Waals surface area (Å²) in [5, 5.41) is 3.45. The smallest absolute Gasteiger partial charge is 0.143 e. The van der Waals surface area contributed by atoms with E-state index in [4.69, 9.17) is 10.5 Å². The van der Waals surface area contributed by atoms with Crippen molar-refractivity contribution in [2.45, 2.75) is 26.3 Å². The number of ether oxygens (including phenoxy) is 1. The first-order valence-electron chi connectivity index (χ1n) is 5.95. The number of benzene rings is 1. The molecule has 0 spiro atoms. The normalized spacial score (nSPS) is 12.2. The molecule has 96 valence electrons. The Morgan fingerprint density at radius 3 is 2.88 bits per heavy atom. The largest absolute Gasteiger partial charge is 0.495 e. The van der Waals surface area contributed by atoms with E-state index < -0.39 is 0 Å². The van der Waals surface area contributed by atoms with Gasteiger partial charge in [-0.05, 0) is 37.0 Å². The van der Waals surface area contributed by atoms with Crippen LogP contribution in [-0.2, 0) is 0 Å². The van der Waals surface area contributed by atoms with Crippen LogP contribution in [-0.4, -0.2) is 24.7 Å². The van der Waals surface area contributed by atoms with E-state index >= 15 is 0 Å². The number of anilines is 2. The van der Waals surface area contributed by atoms with E-state index in [2.05, 4.69) is 19.2 Å². The summed E-state index contributed by atoms with van der Waals surface area (Å²) < 4.78 is 5.20. The van der Waals surface area contributed by atoms with Gasteiger partial charge in [0.2, 0.25) is 0 Å². The van der Waals surface area contributed by atoms with Crippen molar-refractivity contribution < 1.29 is 4.74 Å². The number of nitrogens with one attached hydrogen (secondary N) is 1. The van der Waals surface area contributed by atoms with E-state index in [0.717, 1.165) is 17.9 Å². The molecule has 0 radical (unpaired) electrons. The SMILES string of the molecule is CCSCCC(C)Nc1ccc(N)c(OC)c1. The zero-order valence-electron chi connectivity index (χ0n) is 10.8. The van der Waals surface area contributed by atoms with Gasteiger partial charge in [-0.2, -0.15) is 11.8 Å². The average molecular weight is 254 g/mol. The molecule has 0 aliphatic carbocycles. The van der Waals surface area contributed by atoms with Gasteiger partial charge in [-0.3, -0.25) is 0 Å². The van der Waals surface area contributed by atoms with Crippen molar-refractivity contribution in [1.29, 1.82) is 0 Å². The molecule has 0 bridgehead atoms. The third kappa shape index (κ3) is 4.77. The molecule has 3 N–H and O–H groups in total. The highest BCUT2D eigenvalue weighted by atomic mass is 32.2. The lowest BCUT2D eigenvalue weighted by Gasteiger charge is -2.16. The van der Waals surface area contributed by atoms with Crippen LogP contribution in [0, 0.1) is 0 Å². The van der Waals surface area contributed by atoms with Gasteiger partial charge >= 0.3 is 0 Å². The van der Waals surface area contributed by atoms with E-state index in [9.17, 15) is 0 Å². The van der Waals surface area contributed by atoms with Crippen LogP contribution >= 0.6 is 11.8 Å². The number of nitrogen functional groups attached to an aromatic ring is 1. The molecule has 0 aliphatic heterocycles. The van der Waals surface area contributed by atoms with Gasteiger partial charge in [-0.15, -0.1) is 0 Å². The minimum Gasteiger partial charge on any atom is -0.495 e. The lowest BCUT2D eigenvalue weighted by molar-refractivity contribution is 0.417. The number of hydrogen-bond donors (Lipinski definition) is 2. The molecule has 4 heteroatoms. The predicted octanol–water partition coefficient (Wildman–Crippen LogP) is 3.22. The summed E-state index contributed by atoms with van der Waals surface area (Å²) >= 11 is 1.97. The Balaban J connectivity index is 2.50. The maximum Gasteiger partial charge on any atom is 0.143 e. The summed E-state index contributed by atoms with van der Waals surface area (Å²) in [7, 11) is 1.64. The second-order valence-electron chi connectivity index (χ2n) is 3.99. The first-order chi connectivity index (χ1) is 8.17. The molecule has 0 heterocycles. The zero-order chi connectivity index (χ0) is 12.7. The van der Waals surface area contributed by atoms with Crippen molar-refractivity contribution in [3.8, 4) is 5.75 Å². The fourth-order valence-electron chi connectivity index (χ4n) is 1.56. The van der Waals surface area contributed by atoms with Gasteiger partial charge in [0.15, 0.2) is 0 Å². The highest BCUT2D eigenvalue weighted by molar-refractivity contribution is 7.99. The maximum atomic E-state index is 5.77. The molecule has 0 aromatic heterocycles. The molecule has 1 atom stereocenters. The van der Waals surface area contributed by atoms with E-state index in [-0.39, 0.29) is 0 Å². The molecular weight excluding hydrogens is 232 g/mol. The van der Waals surface area contributed by atoms with Gasteiger partial charge in [-0.25, -0.2) is 0 Å². The van der Waals surface area contributed by atoms with Crippen molar-refractivity contribution >= 4 is 23.1 Å². The fraction of sp³-hybridized carbons (Fsp3) is 0.538. The molecule has 1 rings (SSSR count). The first kappa shape index (κ1) is 14.0. The number of nitrogens with two attached hydrogens (primary N) is 1. The highest BCUT2D eigenvalue weighted by Gasteiger charge is 2.04. The van der Waals surface area contributed by atoms with Crippen molar-refractivity contribution in [3.63, 3.8) is 0 Å². The molecule has 1 aromatic carbocycles. The third-order valence-electron chi connectivity index (χ3n) is 2.55. The van der Waals surface area contributed by atoms with Gasteiger partial charge in [0, 0.05) is 17.8 Å². The third-order valence-corrected chi connectivity index (χ3v) is 3.48. The Bertz CT molecular complexity index is 344. The van der Waals surface area contributed by atoms with Crippen LogP contribution in [0.15, 0.2) is 18.2 Å². The van der Waals surface area contributed by atoms with Crippen LogP contribution in [0.25, 0.3) is 0 Å².